The first-order valence-corrected chi connectivity index (χ1v) is 8.00. The van der Waals surface area contributed by atoms with Crippen molar-refractivity contribution in [3.8, 4) is 0 Å². The van der Waals surface area contributed by atoms with Crippen LogP contribution in [0.15, 0.2) is 24.3 Å². The summed E-state index contributed by atoms with van der Waals surface area (Å²) in [6.07, 6.45) is 4.66. The Labute approximate surface area is 123 Å². The quantitative estimate of drug-likeness (QED) is 0.821. The van der Waals surface area contributed by atoms with Crippen LogP contribution in [-0.4, -0.2) is 10.7 Å². The van der Waals surface area contributed by atoms with Crippen LogP contribution in [0.4, 0.5) is 0 Å². The molecule has 1 aliphatic rings. The van der Waals surface area contributed by atoms with E-state index in [4.69, 9.17) is 9.84 Å². The summed E-state index contributed by atoms with van der Waals surface area (Å²) < 4.78 is 6.42. The maximum Gasteiger partial charge on any atom is 0.0916 e. The number of aliphatic hydroxyl groups excluding tert-OH is 1. The van der Waals surface area contributed by atoms with E-state index in [0.717, 1.165) is 31.2 Å². The molecule has 1 fully saturated rings. The summed E-state index contributed by atoms with van der Waals surface area (Å²) in [5, 5.41) is 9.16. The SMILES string of the molecule is CCC1(CC)OC(c2ccc(CO)cc2)C1(CC)CC. The van der Waals surface area contributed by atoms with E-state index in [1.807, 2.05) is 12.1 Å². The van der Waals surface area contributed by atoms with Gasteiger partial charge < -0.3 is 9.84 Å². The van der Waals surface area contributed by atoms with Gasteiger partial charge in [0.15, 0.2) is 0 Å². The van der Waals surface area contributed by atoms with E-state index in [0.29, 0.717) is 0 Å². The van der Waals surface area contributed by atoms with Gasteiger partial charge in [-0.05, 0) is 36.8 Å². The van der Waals surface area contributed by atoms with Gasteiger partial charge in [-0.25, -0.2) is 0 Å². The molecule has 0 aliphatic carbocycles. The molecule has 20 heavy (non-hydrogen) atoms. The van der Waals surface area contributed by atoms with Crippen LogP contribution in [0.3, 0.4) is 0 Å². The zero-order valence-corrected chi connectivity index (χ0v) is 13.3. The van der Waals surface area contributed by atoms with Gasteiger partial charge in [-0.2, -0.15) is 0 Å². The zero-order chi connectivity index (χ0) is 14.8. The fourth-order valence-corrected chi connectivity index (χ4v) is 4.21. The monoisotopic (exact) mass is 276 g/mol. The maximum atomic E-state index is 9.16. The van der Waals surface area contributed by atoms with Gasteiger partial charge in [0.05, 0.1) is 18.3 Å². The lowest BCUT2D eigenvalue weighted by Crippen LogP contribution is -2.63. The van der Waals surface area contributed by atoms with Gasteiger partial charge in [-0.1, -0.05) is 52.0 Å². The van der Waals surface area contributed by atoms with Crippen LogP contribution in [0, 0.1) is 5.41 Å². The Hall–Kier alpha value is -0.860. The van der Waals surface area contributed by atoms with E-state index in [9.17, 15) is 0 Å². The third-order valence-electron chi connectivity index (χ3n) is 5.62. The van der Waals surface area contributed by atoms with Crippen molar-refractivity contribution in [3.05, 3.63) is 35.4 Å². The lowest BCUT2D eigenvalue weighted by atomic mass is 9.56. The predicted octanol–water partition coefficient (Wildman–Crippen LogP) is 4.62. The zero-order valence-electron chi connectivity index (χ0n) is 13.3. The molecule has 1 aliphatic heterocycles. The Morgan fingerprint density at radius 3 is 1.90 bits per heavy atom. The number of benzene rings is 1. The van der Waals surface area contributed by atoms with Crippen LogP contribution in [0.1, 0.15) is 70.6 Å². The standard InChI is InChI=1S/C18H28O2/c1-5-17(6-2)16(20-18(17,7-3)8-4)15-11-9-14(13-19)10-12-15/h9-12,16,19H,5-8,13H2,1-4H3. The van der Waals surface area contributed by atoms with Crippen LogP contribution < -0.4 is 0 Å². The van der Waals surface area contributed by atoms with E-state index in [1.54, 1.807) is 0 Å². The van der Waals surface area contributed by atoms with Crippen molar-refractivity contribution in [1.29, 1.82) is 0 Å². The molecule has 0 bridgehead atoms. The van der Waals surface area contributed by atoms with Crippen LogP contribution >= 0.6 is 0 Å². The van der Waals surface area contributed by atoms with Crippen LogP contribution in [-0.2, 0) is 11.3 Å². The molecule has 0 spiro atoms. The number of hydrogen-bond acceptors (Lipinski definition) is 2. The fraction of sp³-hybridized carbons (Fsp3) is 0.667. The first-order valence-electron chi connectivity index (χ1n) is 8.00. The van der Waals surface area contributed by atoms with Crippen molar-refractivity contribution < 1.29 is 9.84 Å². The van der Waals surface area contributed by atoms with Crippen LogP contribution in [0.5, 0.6) is 0 Å². The van der Waals surface area contributed by atoms with Crippen molar-refractivity contribution in [3.63, 3.8) is 0 Å². The second-order valence-corrected chi connectivity index (χ2v) is 5.96. The second kappa shape index (κ2) is 5.87. The van der Waals surface area contributed by atoms with Crippen molar-refractivity contribution in [2.75, 3.05) is 0 Å². The van der Waals surface area contributed by atoms with Gasteiger partial charge in [-0.15, -0.1) is 0 Å². The summed E-state index contributed by atoms with van der Waals surface area (Å²) >= 11 is 0. The number of aliphatic hydroxyl groups is 1. The highest BCUT2D eigenvalue weighted by Gasteiger charge is 2.63. The van der Waals surface area contributed by atoms with E-state index < -0.39 is 0 Å². The van der Waals surface area contributed by atoms with Crippen molar-refractivity contribution >= 4 is 0 Å². The van der Waals surface area contributed by atoms with Crippen LogP contribution in [0.2, 0.25) is 0 Å². The highest BCUT2D eigenvalue weighted by Crippen LogP contribution is 2.64. The van der Waals surface area contributed by atoms with Gasteiger partial charge in [-0.3, -0.25) is 0 Å². The molecule has 112 valence electrons. The molecule has 1 unspecified atom stereocenters. The highest BCUT2D eigenvalue weighted by molar-refractivity contribution is 5.29. The smallest absolute Gasteiger partial charge is 0.0916 e. The summed E-state index contributed by atoms with van der Waals surface area (Å²) in [6.45, 7) is 9.18. The predicted molar refractivity (Wildman–Crippen MR) is 82.5 cm³/mol. The van der Waals surface area contributed by atoms with Gasteiger partial charge in [0, 0.05) is 5.41 Å². The van der Waals surface area contributed by atoms with Gasteiger partial charge in [0.1, 0.15) is 0 Å². The Morgan fingerprint density at radius 1 is 0.950 bits per heavy atom. The average molecular weight is 276 g/mol. The molecule has 1 heterocycles. The third-order valence-corrected chi connectivity index (χ3v) is 5.62. The average Bonchev–Trinajstić information content (AvgIpc) is 2.50. The Kier molecular flexibility index (Phi) is 4.55. The fourth-order valence-electron chi connectivity index (χ4n) is 4.21. The minimum absolute atomic E-state index is 0.0385. The normalized spacial score (nSPS) is 23.4. The van der Waals surface area contributed by atoms with E-state index in [2.05, 4.69) is 39.8 Å². The van der Waals surface area contributed by atoms with Gasteiger partial charge in [0.2, 0.25) is 0 Å². The Bertz CT molecular complexity index is 427. The topological polar surface area (TPSA) is 29.5 Å². The summed E-state index contributed by atoms with van der Waals surface area (Å²) in [5.41, 5.74) is 2.50. The van der Waals surface area contributed by atoms with E-state index in [-0.39, 0.29) is 23.7 Å². The molecule has 1 saturated heterocycles. The lowest BCUT2D eigenvalue weighted by molar-refractivity contribution is -0.332. The molecule has 0 amide bonds. The molecule has 2 nitrogen and oxygen atoms in total. The van der Waals surface area contributed by atoms with Crippen molar-refractivity contribution in [1.82, 2.24) is 0 Å². The molecular weight excluding hydrogens is 248 g/mol. The Balaban J connectivity index is 2.33. The van der Waals surface area contributed by atoms with Gasteiger partial charge in [0.25, 0.3) is 0 Å². The van der Waals surface area contributed by atoms with Crippen LogP contribution in [0.25, 0.3) is 0 Å². The number of ether oxygens (including phenoxy) is 1. The first kappa shape index (κ1) is 15.5. The first-order chi connectivity index (χ1) is 9.62. The number of hydrogen-bond donors (Lipinski definition) is 1. The molecule has 0 radical (unpaired) electrons. The Morgan fingerprint density at radius 2 is 1.50 bits per heavy atom. The molecular formula is C18H28O2. The molecule has 1 N–H and O–H groups in total. The van der Waals surface area contributed by atoms with E-state index in [1.165, 1.54) is 5.56 Å². The molecule has 2 rings (SSSR count). The summed E-state index contributed by atoms with van der Waals surface area (Å²) in [4.78, 5) is 0. The third kappa shape index (κ3) is 2.01. The summed E-state index contributed by atoms with van der Waals surface area (Å²) in [7, 11) is 0. The second-order valence-electron chi connectivity index (χ2n) is 5.96. The molecule has 2 heteroatoms. The summed E-state index contributed by atoms with van der Waals surface area (Å²) in [5.74, 6) is 0. The lowest BCUT2D eigenvalue weighted by Gasteiger charge is -2.64. The molecule has 1 atom stereocenters. The highest BCUT2D eigenvalue weighted by atomic mass is 16.5. The minimum atomic E-state index is 0.0385. The molecule has 1 aromatic rings. The summed E-state index contributed by atoms with van der Waals surface area (Å²) in [6, 6.07) is 8.25. The molecule has 0 saturated carbocycles. The largest absolute Gasteiger partial charge is 0.392 e. The van der Waals surface area contributed by atoms with Crippen molar-refractivity contribution in [2.45, 2.75) is 71.7 Å². The minimum Gasteiger partial charge on any atom is -0.392 e. The van der Waals surface area contributed by atoms with E-state index >= 15 is 0 Å². The maximum absolute atomic E-state index is 9.16. The van der Waals surface area contributed by atoms with Gasteiger partial charge >= 0.3 is 0 Å². The molecule has 1 aromatic carbocycles. The molecule has 0 aromatic heterocycles. The van der Waals surface area contributed by atoms with Crippen molar-refractivity contribution in [2.24, 2.45) is 5.41 Å². The number of rotatable bonds is 6.